The first-order valence-electron chi connectivity index (χ1n) is 9.44. The highest BCUT2D eigenvalue weighted by Gasteiger charge is 2.23. The smallest absolute Gasteiger partial charge is 0.239 e. The second-order valence-corrected chi connectivity index (χ2v) is 8.28. The summed E-state index contributed by atoms with van der Waals surface area (Å²) in [5, 5.41) is 11.6. The lowest BCUT2D eigenvalue weighted by Crippen LogP contribution is -2.48. The van der Waals surface area contributed by atoms with Gasteiger partial charge in [-0.25, -0.2) is 4.68 Å². The minimum atomic E-state index is -0.179. The predicted molar refractivity (Wildman–Crippen MR) is 104 cm³/mol. The van der Waals surface area contributed by atoms with Crippen LogP contribution in [0.2, 0.25) is 0 Å². The molecule has 3 heterocycles. The third-order valence-electron chi connectivity index (χ3n) is 4.63. The summed E-state index contributed by atoms with van der Waals surface area (Å²) >= 11 is 0. The van der Waals surface area contributed by atoms with Crippen LogP contribution in [0.15, 0.2) is 16.7 Å². The van der Waals surface area contributed by atoms with Crippen molar-refractivity contribution < 1.29 is 9.32 Å². The van der Waals surface area contributed by atoms with Crippen LogP contribution in [0.25, 0.3) is 0 Å². The van der Waals surface area contributed by atoms with Gasteiger partial charge in [-0.1, -0.05) is 5.16 Å². The zero-order valence-corrected chi connectivity index (χ0v) is 16.9. The highest BCUT2D eigenvalue weighted by molar-refractivity contribution is 5.91. The number of amides is 1. The number of carbonyl (C=O) groups is 1. The Morgan fingerprint density at radius 3 is 2.41 bits per heavy atom. The zero-order valence-electron chi connectivity index (χ0n) is 16.9. The Balaban J connectivity index is 1.49. The van der Waals surface area contributed by atoms with Crippen molar-refractivity contribution in [3.63, 3.8) is 0 Å². The molecule has 1 aliphatic rings. The van der Waals surface area contributed by atoms with Crippen molar-refractivity contribution in [2.45, 2.75) is 46.7 Å². The summed E-state index contributed by atoms with van der Waals surface area (Å²) in [5.41, 5.74) is 1.68. The SMILES string of the molecule is Cc1cc(NC(=O)CN2CCN(Cc3cc(C)on3)CC2)n(C(C)(C)C)n1. The summed E-state index contributed by atoms with van der Waals surface area (Å²) in [6, 6.07) is 3.89. The molecule has 1 aliphatic heterocycles. The van der Waals surface area contributed by atoms with Crippen LogP contribution in [0.1, 0.15) is 37.9 Å². The average molecular weight is 374 g/mol. The van der Waals surface area contributed by atoms with E-state index >= 15 is 0 Å². The van der Waals surface area contributed by atoms with E-state index in [4.69, 9.17) is 4.52 Å². The largest absolute Gasteiger partial charge is 0.361 e. The van der Waals surface area contributed by atoms with Crippen LogP contribution < -0.4 is 5.32 Å². The minimum Gasteiger partial charge on any atom is -0.361 e. The first kappa shape index (κ1) is 19.6. The van der Waals surface area contributed by atoms with E-state index in [0.717, 1.165) is 55.7 Å². The monoisotopic (exact) mass is 374 g/mol. The van der Waals surface area contributed by atoms with Gasteiger partial charge in [-0.2, -0.15) is 5.10 Å². The van der Waals surface area contributed by atoms with E-state index in [2.05, 4.69) is 46.1 Å². The van der Waals surface area contributed by atoms with E-state index in [0.29, 0.717) is 6.54 Å². The third kappa shape index (κ3) is 5.17. The fourth-order valence-corrected chi connectivity index (χ4v) is 3.31. The highest BCUT2D eigenvalue weighted by atomic mass is 16.5. The first-order valence-corrected chi connectivity index (χ1v) is 9.44. The second-order valence-electron chi connectivity index (χ2n) is 8.28. The fourth-order valence-electron chi connectivity index (χ4n) is 3.31. The van der Waals surface area contributed by atoms with E-state index in [-0.39, 0.29) is 11.4 Å². The molecule has 0 aromatic carbocycles. The molecule has 1 fully saturated rings. The Bertz CT molecular complexity index is 780. The van der Waals surface area contributed by atoms with Crippen LogP contribution in [0, 0.1) is 13.8 Å². The molecule has 1 saturated heterocycles. The van der Waals surface area contributed by atoms with E-state index in [1.54, 1.807) is 0 Å². The summed E-state index contributed by atoms with van der Waals surface area (Å²) in [6.45, 7) is 14.8. The van der Waals surface area contributed by atoms with Crippen LogP contribution >= 0.6 is 0 Å². The Morgan fingerprint density at radius 2 is 1.81 bits per heavy atom. The number of piperazine rings is 1. The van der Waals surface area contributed by atoms with Crippen molar-refractivity contribution in [2.75, 3.05) is 38.0 Å². The molecular formula is C19H30N6O2. The molecule has 27 heavy (non-hydrogen) atoms. The predicted octanol–water partition coefficient (Wildman–Crippen LogP) is 2.00. The Morgan fingerprint density at radius 1 is 1.15 bits per heavy atom. The number of carbonyl (C=O) groups excluding carboxylic acids is 1. The van der Waals surface area contributed by atoms with E-state index < -0.39 is 0 Å². The van der Waals surface area contributed by atoms with Gasteiger partial charge in [-0.05, 0) is 34.6 Å². The van der Waals surface area contributed by atoms with Gasteiger partial charge in [0.15, 0.2) is 0 Å². The van der Waals surface area contributed by atoms with Gasteiger partial charge in [0.25, 0.3) is 0 Å². The van der Waals surface area contributed by atoms with Crippen molar-refractivity contribution in [2.24, 2.45) is 0 Å². The van der Waals surface area contributed by atoms with Gasteiger partial charge in [-0.15, -0.1) is 0 Å². The van der Waals surface area contributed by atoms with Gasteiger partial charge in [0.05, 0.1) is 23.5 Å². The molecule has 148 valence electrons. The number of hydrogen-bond acceptors (Lipinski definition) is 6. The summed E-state index contributed by atoms with van der Waals surface area (Å²) in [7, 11) is 0. The van der Waals surface area contributed by atoms with Crippen molar-refractivity contribution in [3.8, 4) is 0 Å². The third-order valence-corrected chi connectivity index (χ3v) is 4.63. The normalized spacial score (nSPS) is 16.6. The average Bonchev–Trinajstić information content (AvgIpc) is 3.14. The molecule has 2 aromatic heterocycles. The first-order chi connectivity index (χ1) is 12.7. The van der Waals surface area contributed by atoms with Crippen LogP contribution in [-0.2, 0) is 16.9 Å². The van der Waals surface area contributed by atoms with Gasteiger partial charge in [0.1, 0.15) is 11.6 Å². The Hall–Kier alpha value is -2.19. The van der Waals surface area contributed by atoms with Gasteiger partial charge in [0.2, 0.25) is 5.91 Å². The maximum atomic E-state index is 12.5. The second kappa shape index (κ2) is 7.82. The van der Waals surface area contributed by atoms with Gasteiger partial charge in [0, 0.05) is 44.9 Å². The zero-order chi connectivity index (χ0) is 19.6. The van der Waals surface area contributed by atoms with Crippen molar-refractivity contribution >= 4 is 11.7 Å². The quantitative estimate of drug-likeness (QED) is 0.862. The fraction of sp³-hybridized carbons (Fsp3) is 0.632. The molecular weight excluding hydrogens is 344 g/mol. The van der Waals surface area contributed by atoms with E-state index in [1.807, 2.05) is 30.7 Å². The summed E-state index contributed by atoms with van der Waals surface area (Å²) in [6.07, 6.45) is 0. The van der Waals surface area contributed by atoms with Crippen molar-refractivity contribution in [3.05, 3.63) is 29.3 Å². The number of hydrogen-bond donors (Lipinski definition) is 1. The summed E-state index contributed by atoms with van der Waals surface area (Å²) in [4.78, 5) is 17.0. The number of nitrogens with one attached hydrogen (secondary N) is 1. The van der Waals surface area contributed by atoms with Crippen LogP contribution in [0.4, 0.5) is 5.82 Å². The molecule has 0 radical (unpaired) electrons. The molecule has 1 N–H and O–H groups in total. The lowest BCUT2D eigenvalue weighted by molar-refractivity contribution is -0.117. The van der Waals surface area contributed by atoms with Crippen LogP contribution in [0.3, 0.4) is 0 Å². The number of aromatic nitrogens is 3. The summed E-state index contributed by atoms with van der Waals surface area (Å²) in [5.74, 6) is 1.59. The summed E-state index contributed by atoms with van der Waals surface area (Å²) < 4.78 is 7.00. The number of aryl methyl sites for hydroxylation is 2. The molecule has 0 unspecified atom stereocenters. The molecule has 0 bridgehead atoms. The molecule has 8 heteroatoms. The Labute approximate surface area is 160 Å². The van der Waals surface area contributed by atoms with Crippen molar-refractivity contribution in [1.82, 2.24) is 24.7 Å². The van der Waals surface area contributed by atoms with Crippen molar-refractivity contribution in [1.29, 1.82) is 0 Å². The molecule has 8 nitrogen and oxygen atoms in total. The maximum absolute atomic E-state index is 12.5. The van der Waals surface area contributed by atoms with E-state index in [9.17, 15) is 4.79 Å². The van der Waals surface area contributed by atoms with Crippen LogP contribution in [0.5, 0.6) is 0 Å². The number of rotatable bonds is 5. The minimum absolute atomic E-state index is 0.000904. The van der Waals surface area contributed by atoms with Gasteiger partial charge in [-0.3, -0.25) is 14.6 Å². The van der Waals surface area contributed by atoms with Gasteiger partial charge < -0.3 is 9.84 Å². The number of anilines is 1. The molecule has 1 amide bonds. The lowest BCUT2D eigenvalue weighted by atomic mass is 10.1. The number of nitrogens with zero attached hydrogens (tertiary/aromatic N) is 5. The molecule has 0 saturated carbocycles. The Kier molecular flexibility index (Phi) is 5.67. The van der Waals surface area contributed by atoms with Crippen LogP contribution in [-0.4, -0.2) is 63.4 Å². The van der Waals surface area contributed by atoms with E-state index in [1.165, 1.54) is 0 Å². The topological polar surface area (TPSA) is 79.4 Å². The lowest BCUT2D eigenvalue weighted by Gasteiger charge is -2.33. The maximum Gasteiger partial charge on any atom is 0.239 e. The standard InChI is InChI=1S/C19H30N6O2/c1-14-10-17(25(21-14)19(3,4)5)20-18(26)13-24-8-6-23(7-9-24)12-16-11-15(2)27-22-16/h10-11H,6-9,12-13H2,1-5H3,(H,20,26). The van der Waals surface area contributed by atoms with Gasteiger partial charge >= 0.3 is 0 Å². The molecule has 2 aromatic rings. The highest BCUT2D eigenvalue weighted by Crippen LogP contribution is 2.21. The molecule has 0 spiro atoms. The molecule has 0 aliphatic carbocycles. The molecule has 3 rings (SSSR count). The molecule has 0 atom stereocenters.